The number of ether oxygens (including phenoxy) is 1. The Labute approximate surface area is 93.9 Å². The first-order valence-electron chi connectivity index (χ1n) is 5.28. The Morgan fingerprint density at radius 2 is 2.06 bits per heavy atom. The van der Waals surface area contributed by atoms with Gasteiger partial charge in [0.1, 0.15) is 17.7 Å². The Morgan fingerprint density at radius 3 is 2.69 bits per heavy atom. The van der Waals surface area contributed by atoms with Gasteiger partial charge < -0.3 is 9.84 Å². The van der Waals surface area contributed by atoms with Crippen LogP contribution in [-0.4, -0.2) is 18.3 Å². The molecule has 0 aliphatic carbocycles. The molecule has 1 rings (SSSR count). The maximum atomic E-state index is 13.6. The number of aliphatic hydroxyl groups is 1. The SMILES string of the molecule is CCCOCC(O)c1c(F)ccc(C)c1F. The number of aliphatic hydroxyl groups excluding tert-OH is 1. The maximum absolute atomic E-state index is 13.6. The molecule has 90 valence electrons. The molecule has 1 aromatic carbocycles. The van der Waals surface area contributed by atoms with Crippen LogP contribution in [0.25, 0.3) is 0 Å². The minimum atomic E-state index is -1.26. The van der Waals surface area contributed by atoms with E-state index in [4.69, 9.17) is 4.74 Å². The second-order valence-electron chi connectivity index (χ2n) is 3.68. The van der Waals surface area contributed by atoms with Crippen molar-refractivity contribution >= 4 is 0 Å². The fourth-order valence-electron chi connectivity index (χ4n) is 1.41. The summed E-state index contributed by atoms with van der Waals surface area (Å²) in [4.78, 5) is 0. The summed E-state index contributed by atoms with van der Waals surface area (Å²) in [6.45, 7) is 3.81. The summed E-state index contributed by atoms with van der Waals surface area (Å²) in [7, 11) is 0. The van der Waals surface area contributed by atoms with Crippen LogP contribution in [0, 0.1) is 18.6 Å². The van der Waals surface area contributed by atoms with Gasteiger partial charge in [0, 0.05) is 6.61 Å². The Hall–Kier alpha value is -1.00. The number of aryl methyl sites for hydroxylation is 1. The van der Waals surface area contributed by atoms with Gasteiger partial charge in [-0.3, -0.25) is 0 Å². The molecule has 1 N–H and O–H groups in total. The summed E-state index contributed by atoms with van der Waals surface area (Å²) in [5.74, 6) is -1.44. The van der Waals surface area contributed by atoms with E-state index in [2.05, 4.69) is 0 Å². The lowest BCUT2D eigenvalue weighted by Crippen LogP contribution is -2.12. The van der Waals surface area contributed by atoms with E-state index >= 15 is 0 Å². The average Bonchev–Trinajstić information content (AvgIpc) is 2.24. The van der Waals surface area contributed by atoms with E-state index in [9.17, 15) is 13.9 Å². The van der Waals surface area contributed by atoms with Crippen LogP contribution in [0.4, 0.5) is 8.78 Å². The molecule has 0 fully saturated rings. The van der Waals surface area contributed by atoms with Crippen molar-refractivity contribution in [3.8, 4) is 0 Å². The van der Waals surface area contributed by atoms with Crippen LogP contribution in [0.1, 0.15) is 30.6 Å². The average molecular weight is 230 g/mol. The molecule has 0 saturated heterocycles. The summed E-state index contributed by atoms with van der Waals surface area (Å²) in [5, 5.41) is 9.63. The third-order valence-corrected chi connectivity index (χ3v) is 2.28. The normalized spacial score (nSPS) is 12.8. The minimum absolute atomic E-state index is 0.0921. The van der Waals surface area contributed by atoms with E-state index in [1.807, 2.05) is 6.92 Å². The Morgan fingerprint density at radius 1 is 1.38 bits per heavy atom. The lowest BCUT2D eigenvalue weighted by atomic mass is 10.1. The molecule has 0 aliphatic rings. The Balaban J connectivity index is 2.81. The fraction of sp³-hybridized carbons (Fsp3) is 0.500. The zero-order valence-corrected chi connectivity index (χ0v) is 9.46. The summed E-state index contributed by atoms with van der Waals surface area (Å²) in [6.07, 6.45) is -0.461. The van der Waals surface area contributed by atoms with Crippen LogP contribution in [0.2, 0.25) is 0 Å². The standard InChI is InChI=1S/C12H16F2O2/c1-3-6-16-7-10(15)11-9(13)5-4-8(2)12(11)14/h4-5,10,15H,3,6-7H2,1-2H3. The van der Waals surface area contributed by atoms with Crippen LogP contribution >= 0.6 is 0 Å². The Kier molecular flexibility index (Phi) is 4.83. The van der Waals surface area contributed by atoms with E-state index in [0.717, 1.165) is 12.5 Å². The van der Waals surface area contributed by atoms with E-state index in [1.54, 1.807) is 0 Å². The van der Waals surface area contributed by atoms with Gasteiger partial charge in [-0.15, -0.1) is 0 Å². The molecule has 0 heterocycles. The van der Waals surface area contributed by atoms with Gasteiger partial charge in [-0.1, -0.05) is 13.0 Å². The fourth-order valence-corrected chi connectivity index (χ4v) is 1.41. The van der Waals surface area contributed by atoms with Gasteiger partial charge in [0.15, 0.2) is 0 Å². The number of hydrogen-bond donors (Lipinski definition) is 1. The van der Waals surface area contributed by atoms with E-state index in [0.29, 0.717) is 12.2 Å². The van der Waals surface area contributed by atoms with Crippen molar-refractivity contribution < 1.29 is 18.6 Å². The lowest BCUT2D eigenvalue weighted by Gasteiger charge is -2.14. The van der Waals surface area contributed by atoms with Gasteiger partial charge in [-0.05, 0) is 25.0 Å². The van der Waals surface area contributed by atoms with E-state index < -0.39 is 17.7 Å². The first-order valence-corrected chi connectivity index (χ1v) is 5.28. The van der Waals surface area contributed by atoms with Crippen molar-refractivity contribution in [3.63, 3.8) is 0 Å². The molecule has 0 bridgehead atoms. The second-order valence-corrected chi connectivity index (χ2v) is 3.68. The maximum Gasteiger partial charge on any atom is 0.134 e. The van der Waals surface area contributed by atoms with Crippen LogP contribution < -0.4 is 0 Å². The molecule has 0 spiro atoms. The first kappa shape index (κ1) is 13.1. The minimum Gasteiger partial charge on any atom is -0.386 e. The van der Waals surface area contributed by atoms with Crippen molar-refractivity contribution in [2.45, 2.75) is 26.4 Å². The molecule has 1 unspecified atom stereocenters. The summed E-state index contributed by atoms with van der Waals surface area (Å²) in [5.41, 5.74) is 0.00189. The van der Waals surface area contributed by atoms with Crippen LogP contribution in [0.5, 0.6) is 0 Å². The molecule has 0 aromatic heterocycles. The van der Waals surface area contributed by atoms with Crippen molar-refractivity contribution in [3.05, 3.63) is 34.9 Å². The highest BCUT2D eigenvalue weighted by Gasteiger charge is 2.19. The van der Waals surface area contributed by atoms with Gasteiger partial charge in [0.05, 0.1) is 12.2 Å². The molecule has 0 saturated carbocycles. The lowest BCUT2D eigenvalue weighted by molar-refractivity contribution is 0.0326. The number of benzene rings is 1. The zero-order valence-electron chi connectivity index (χ0n) is 9.46. The predicted molar refractivity (Wildman–Crippen MR) is 57.2 cm³/mol. The largest absolute Gasteiger partial charge is 0.386 e. The monoisotopic (exact) mass is 230 g/mol. The van der Waals surface area contributed by atoms with Crippen LogP contribution in [0.3, 0.4) is 0 Å². The molecule has 0 radical (unpaired) electrons. The molecule has 1 atom stereocenters. The molecule has 1 aromatic rings. The van der Waals surface area contributed by atoms with Gasteiger partial charge in [0.2, 0.25) is 0 Å². The predicted octanol–water partition coefficient (Wildman–Crippen LogP) is 2.73. The van der Waals surface area contributed by atoms with Crippen molar-refractivity contribution in [1.82, 2.24) is 0 Å². The zero-order chi connectivity index (χ0) is 12.1. The highest BCUT2D eigenvalue weighted by Crippen LogP contribution is 2.23. The number of halogens is 2. The molecular weight excluding hydrogens is 214 g/mol. The molecular formula is C12H16F2O2. The van der Waals surface area contributed by atoms with Crippen LogP contribution in [-0.2, 0) is 4.74 Å². The topological polar surface area (TPSA) is 29.5 Å². The molecule has 4 heteroatoms. The van der Waals surface area contributed by atoms with Gasteiger partial charge in [0.25, 0.3) is 0 Å². The molecule has 0 amide bonds. The third-order valence-electron chi connectivity index (χ3n) is 2.28. The number of hydrogen-bond acceptors (Lipinski definition) is 2. The van der Waals surface area contributed by atoms with Crippen LogP contribution in [0.15, 0.2) is 12.1 Å². The first-order chi connectivity index (χ1) is 7.57. The van der Waals surface area contributed by atoms with Crippen molar-refractivity contribution in [2.24, 2.45) is 0 Å². The van der Waals surface area contributed by atoms with Gasteiger partial charge in [-0.2, -0.15) is 0 Å². The summed E-state index contributed by atoms with van der Waals surface area (Å²) < 4.78 is 32.0. The smallest absolute Gasteiger partial charge is 0.134 e. The molecule has 16 heavy (non-hydrogen) atoms. The molecule has 2 nitrogen and oxygen atoms in total. The van der Waals surface area contributed by atoms with E-state index in [1.165, 1.54) is 13.0 Å². The third kappa shape index (κ3) is 3.00. The van der Waals surface area contributed by atoms with Gasteiger partial charge in [-0.25, -0.2) is 8.78 Å². The highest BCUT2D eigenvalue weighted by molar-refractivity contribution is 5.28. The highest BCUT2D eigenvalue weighted by atomic mass is 19.1. The summed E-state index contributed by atoms with van der Waals surface area (Å²) in [6, 6.07) is 2.49. The summed E-state index contributed by atoms with van der Waals surface area (Å²) >= 11 is 0. The second kappa shape index (κ2) is 5.92. The van der Waals surface area contributed by atoms with E-state index in [-0.39, 0.29) is 12.2 Å². The van der Waals surface area contributed by atoms with Crippen molar-refractivity contribution in [2.75, 3.05) is 13.2 Å². The molecule has 0 aliphatic heterocycles. The quantitative estimate of drug-likeness (QED) is 0.788. The Bertz CT molecular complexity index is 353. The van der Waals surface area contributed by atoms with Crippen molar-refractivity contribution in [1.29, 1.82) is 0 Å². The number of rotatable bonds is 5. The van der Waals surface area contributed by atoms with Gasteiger partial charge >= 0.3 is 0 Å².